The van der Waals surface area contributed by atoms with Crippen LogP contribution >= 0.6 is 31.9 Å². The van der Waals surface area contributed by atoms with Gasteiger partial charge in [-0.05, 0) is 56.1 Å². The molecule has 0 aliphatic heterocycles. The Kier molecular flexibility index (Phi) is 3.25. The number of benzene rings is 1. The second kappa shape index (κ2) is 4.51. The zero-order valence-corrected chi connectivity index (χ0v) is 11.0. The van der Waals surface area contributed by atoms with Gasteiger partial charge in [-0.15, -0.1) is 0 Å². The Morgan fingerprint density at radius 3 is 2.56 bits per heavy atom. The molecule has 5 heteroatoms. The van der Waals surface area contributed by atoms with Crippen LogP contribution in [0.15, 0.2) is 43.9 Å². The molecule has 0 saturated heterocycles. The second-order valence-corrected chi connectivity index (χ2v) is 4.67. The minimum absolute atomic E-state index is 0.0174. The second-order valence-electron chi connectivity index (χ2n) is 3.03. The Hall–Kier alpha value is -0.940. The molecular formula is C11H5Br2FO2. The van der Waals surface area contributed by atoms with E-state index >= 15 is 0 Å². The topological polar surface area (TPSA) is 30.2 Å². The van der Waals surface area contributed by atoms with E-state index in [4.69, 9.17) is 4.42 Å². The molecule has 82 valence electrons. The first kappa shape index (κ1) is 11.5. The van der Waals surface area contributed by atoms with E-state index in [9.17, 15) is 9.18 Å². The van der Waals surface area contributed by atoms with Crippen molar-refractivity contribution in [3.63, 3.8) is 0 Å². The van der Waals surface area contributed by atoms with Crippen LogP contribution in [0.2, 0.25) is 0 Å². The highest BCUT2D eigenvalue weighted by Gasteiger charge is 2.18. The summed E-state index contributed by atoms with van der Waals surface area (Å²) in [5.41, 5.74) is -0.0174. The van der Waals surface area contributed by atoms with Crippen molar-refractivity contribution in [3.8, 4) is 0 Å². The van der Waals surface area contributed by atoms with Crippen LogP contribution in [0.4, 0.5) is 4.39 Å². The van der Waals surface area contributed by atoms with Crippen LogP contribution in [0, 0.1) is 5.82 Å². The summed E-state index contributed by atoms with van der Waals surface area (Å²) in [7, 11) is 0. The third-order valence-electron chi connectivity index (χ3n) is 1.99. The van der Waals surface area contributed by atoms with Gasteiger partial charge in [0.1, 0.15) is 5.82 Å². The van der Waals surface area contributed by atoms with E-state index in [1.54, 1.807) is 12.1 Å². The third kappa shape index (κ3) is 2.10. The van der Waals surface area contributed by atoms with Crippen LogP contribution in [0.5, 0.6) is 0 Å². The number of hydrogen-bond donors (Lipinski definition) is 0. The lowest BCUT2D eigenvalue weighted by Crippen LogP contribution is -2.03. The van der Waals surface area contributed by atoms with Crippen LogP contribution in [0.1, 0.15) is 16.1 Å². The molecule has 0 atom stereocenters. The number of carbonyl (C=O) groups is 1. The average Bonchev–Trinajstić information content (AvgIpc) is 2.68. The van der Waals surface area contributed by atoms with Crippen molar-refractivity contribution in [2.75, 3.05) is 0 Å². The van der Waals surface area contributed by atoms with E-state index in [-0.39, 0.29) is 15.8 Å². The summed E-state index contributed by atoms with van der Waals surface area (Å²) < 4.78 is 19.4. The lowest BCUT2D eigenvalue weighted by Gasteiger charge is -2.01. The summed E-state index contributed by atoms with van der Waals surface area (Å²) in [6.07, 6.45) is 0. The summed E-state index contributed by atoms with van der Waals surface area (Å²) in [6.45, 7) is 0. The molecule has 0 spiro atoms. The van der Waals surface area contributed by atoms with E-state index in [0.29, 0.717) is 4.67 Å². The van der Waals surface area contributed by atoms with Crippen molar-refractivity contribution in [2.45, 2.75) is 0 Å². The molecule has 0 N–H and O–H groups in total. The van der Waals surface area contributed by atoms with E-state index in [1.807, 2.05) is 0 Å². The van der Waals surface area contributed by atoms with Crippen LogP contribution in [-0.4, -0.2) is 5.78 Å². The quantitative estimate of drug-likeness (QED) is 0.763. The maximum absolute atomic E-state index is 13.6. The molecule has 0 bridgehead atoms. The molecule has 0 radical (unpaired) electrons. The fourth-order valence-corrected chi connectivity index (χ4v) is 1.92. The van der Waals surface area contributed by atoms with E-state index in [1.165, 1.54) is 18.2 Å². The Bertz CT molecular complexity index is 549. The van der Waals surface area contributed by atoms with Crippen LogP contribution in [0.25, 0.3) is 0 Å². The zero-order chi connectivity index (χ0) is 11.7. The van der Waals surface area contributed by atoms with Gasteiger partial charge >= 0.3 is 0 Å². The van der Waals surface area contributed by atoms with Crippen molar-refractivity contribution in [3.05, 3.63) is 56.6 Å². The highest BCUT2D eigenvalue weighted by atomic mass is 79.9. The lowest BCUT2D eigenvalue weighted by molar-refractivity contribution is 0.100. The molecule has 2 rings (SSSR count). The number of rotatable bonds is 2. The smallest absolute Gasteiger partial charge is 0.231 e. The highest BCUT2D eigenvalue weighted by Crippen LogP contribution is 2.23. The van der Waals surface area contributed by atoms with E-state index in [2.05, 4.69) is 31.9 Å². The zero-order valence-electron chi connectivity index (χ0n) is 7.84. The predicted molar refractivity (Wildman–Crippen MR) is 63.9 cm³/mol. The summed E-state index contributed by atoms with van der Waals surface area (Å²) >= 11 is 6.11. The minimum atomic E-state index is -0.583. The molecule has 2 nitrogen and oxygen atoms in total. The van der Waals surface area contributed by atoms with Gasteiger partial charge in [0.2, 0.25) is 5.78 Å². The fraction of sp³-hybridized carbons (Fsp3) is 0. The molecular weight excluding hydrogens is 343 g/mol. The first-order valence-corrected chi connectivity index (χ1v) is 5.92. The molecule has 0 amide bonds. The van der Waals surface area contributed by atoms with Crippen LogP contribution < -0.4 is 0 Å². The van der Waals surface area contributed by atoms with Crippen molar-refractivity contribution in [1.29, 1.82) is 0 Å². The summed E-state index contributed by atoms with van der Waals surface area (Å²) in [6, 6.07) is 7.62. The molecule has 0 unspecified atom stereocenters. The molecule has 2 aromatic rings. The SMILES string of the molecule is O=C(c1ccc(Br)o1)c1cccc(Br)c1F. The molecule has 1 aromatic heterocycles. The predicted octanol–water partition coefficient (Wildman–Crippen LogP) is 4.17. The molecule has 1 aromatic carbocycles. The Morgan fingerprint density at radius 1 is 1.19 bits per heavy atom. The summed E-state index contributed by atoms with van der Waals surface area (Å²) in [5, 5.41) is 0. The maximum Gasteiger partial charge on any atom is 0.231 e. The lowest BCUT2D eigenvalue weighted by atomic mass is 10.1. The van der Waals surface area contributed by atoms with Gasteiger partial charge in [0, 0.05) is 0 Å². The molecule has 0 aliphatic rings. The maximum atomic E-state index is 13.6. The monoisotopic (exact) mass is 346 g/mol. The van der Waals surface area contributed by atoms with Crippen molar-refractivity contribution >= 4 is 37.6 Å². The van der Waals surface area contributed by atoms with Crippen molar-refractivity contribution < 1.29 is 13.6 Å². The van der Waals surface area contributed by atoms with Gasteiger partial charge in [-0.3, -0.25) is 4.79 Å². The highest BCUT2D eigenvalue weighted by molar-refractivity contribution is 9.10. The van der Waals surface area contributed by atoms with Crippen molar-refractivity contribution in [1.82, 2.24) is 0 Å². The van der Waals surface area contributed by atoms with Crippen LogP contribution in [0.3, 0.4) is 0 Å². The normalized spacial score (nSPS) is 10.4. The Morgan fingerprint density at radius 2 is 1.94 bits per heavy atom. The average molecular weight is 348 g/mol. The van der Waals surface area contributed by atoms with Gasteiger partial charge in [0.25, 0.3) is 0 Å². The Balaban J connectivity index is 2.45. The summed E-state index contributed by atoms with van der Waals surface area (Å²) in [4.78, 5) is 11.9. The number of carbonyl (C=O) groups excluding carboxylic acids is 1. The number of hydrogen-bond acceptors (Lipinski definition) is 2. The van der Waals surface area contributed by atoms with Gasteiger partial charge in [-0.2, -0.15) is 0 Å². The molecule has 0 aliphatic carbocycles. The van der Waals surface area contributed by atoms with Crippen molar-refractivity contribution in [2.24, 2.45) is 0 Å². The van der Waals surface area contributed by atoms with E-state index in [0.717, 1.165) is 0 Å². The summed E-state index contributed by atoms with van der Waals surface area (Å²) in [5.74, 6) is -0.964. The minimum Gasteiger partial charge on any atom is -0.446 e. The number of halogens is 3. The third-order valence-corrected chi connectivity index (χ3v) is 3.03. The first-order valence-electron chi connectivity index (χ1n) is 4.33. The van der Waals surface area contributed by atoms with E-state index < -0.39 is 11.6 Å². The molecule has 1 heterocycles. The van der Waals surface area contributed by atoms with Crippen LogP contribution in [-0.2, 0) is 0 Å². The van der Waals surface area contributed by atoms with Gasteiger partial charge in [0.15, 0.2) is 10.4 Å². The largest absolute Gasteiger partial charge is 0.446 e. The Labute approximate surface area is 108 Å². The van der Waals surface area contributed by atoms with Gasteiger partial charge in [-0.25, -0.2) is 4.39 Å². The van der Waals surface area contributed by atoms with Gasteiger partial charge in [0.05, 0.1) is 10.0 Å². The molecule has 0 fully saturated rings. The van der Waals surface area contributed by atoms with Gasteiger partial charge < -0.3 is 4.42 Å². The molecule has 0 saturated carbocycles. The van der Waals surface area contributed by atoms with Gasteiger partial charge in [-0.1, -0.05) is 6.07 Å². The fourth-order valence-electron chi connectivity index (χ4n) is 1.25. The molecule has 16 heavy (non-hydrogen) atoms. The number of furan rings is 1. The standard InChI is InChI=1S/C11H5Br2FO2/c12-7-3-1-2-6(10(7)14)11(15)8-4-5-9(13)16-8/h1-5H. The number of ketones is 1. The first-order chi connectivity index (χ1) is 7.59.